The Morgan fingerprint density at radius 1 is 1.21 bits per heavy atom. The number of nitrogens with one attached hydrogen (secondary N) is 1. The van der Waals surface area contributed by atoms with Crippen molar-refractivity contribution in [2.24, 2.45) is 5.73 Å². The molecule has 3 N–H and O–H groups in total. The number of fused-ring (bicyclic) bond motifs is 1. The minimum absolute atomic E-state index is 0.109. The Morgan fingerprint density at radius 2 is 1.97 bits per heavy atom. The molecule has 3 aromatic rings. The molecule has 2 amide bonds. The third kappa shape index (κ3) is 7.07. The van der Waals surface area contributed by atoms with Gasteiger partial charge < -0.3 is 24.7 Å². The fourth-order valence-electron chi connectivity index (χ4n) is 5.73. The van der Waals surface area contributed by atoms with Gasteiger partial charge in [-0.25, -0.2) is 4.79 Å². The maximum atomic E-state index is 13.3. The highest BCUT2D eigenvalue weighted by Gasteiger charge is 2.29. The number of rotatable bonds is 11. The lowest BCUT2D eigenvalue weighted by atomic mass is 9.91. The molecule has 8 heteroatoms. The standard InChI is InChI=1S/C31H40N4O4/c1-4-39-31(37)33-26-14-12-23(13-15-26)19-25(32)20-29(36)34-16-7-9-24(21-34)30-22(2)27-10-5-6-11-28(27)35(30)17-8-18-38-3/h4-6,10-15,24-25H,1,7-9,16-21,32H2,2-3H3,(H,33,37)/t24?,25-/m1/s1. The molecule has 0 spiro atoms. The molecule has 0 saturated carbocycles. The maximum absolute atomic E-state index is 13.3. The van der Waals surface area contributed by atoms with Crippen LogP contribution in [0.5, 0.6) is 0 Å². The summed E-state index contributed by atoms with van der Waals surface area (Å²) in [5.41, 5.74) is 12.0. The number of likely N-dealkylation sites (tertiary alicyclic amines) is 1. The fraction of sp³-hybridized carbons (Fsp3) is 0.419. The van der Waals surface area contributed by atoms with Crippen molar-refractivity contribution in [3.8, 4) is 0 Å². The second-order valence-corrected chi connectivity index (χ2v) is 10.3. The van der Waals surface area contributed by atoms with E-state index in [2.05, 4.69) is 52.4 Å². The quantitative estimate of drug-likeness (QED) is 0.256. The van der Waals surface area contributed by atoms with Crippen LogP contribution >= 0.6 is 0 Å². The van der Waals surface area contributed by atoms with Crippen LogP contribution in [0, 0.1) is 6.92 Å². The highest BCUT2D eigenvalue weighted by Crippen LogP contribution is 2.36. The normalized spacial score (nSPS) is 16.2. The Morgan fingerprint density at radius 3 is 2.72 bits per heavy atom. The molecule has 39 heavy (non-hydrogen) atoms. The molecule has 2 atom stereocenters. The first kappa shape index (κ1) is 28.4. The number of methoxy groups -OCH3 is 1. The van der Waals surface area contributed by atoms with Gasteiger partial charge in [0.2, 0.25) is 5.91 Å². The number of anilines is 1. The largest absolute Gasteiger partial charge is 0.419 e. The van der Waals surface area contributed by atoms with E-state index in [0.29, 0.717) is 31.0 Å². The zero-order chi connectivity index (χ0) is 27.8. The molecule has 1 aliphatic heterocycles. The summed E-state index contributed by atoms with van der Waals surface area (Å²) in [6.45, 7) is 8.68. The zero-order valence-corrected chi connectivity index (χ0v) is 23.0. The van der Waals surface area contributed by atoms with Crippen molar-refractivity contribution in [1.82, 2.24) is 9.47 Å². The molecule has 1 aliphatic rings. The predicted molar refractivity (Wildman–Crippen MR) is 155 cm³/mol. The van der Waals surface area contributed by atoms with Gasteiger partial charge in [0.15, 0.2) is 0 Å². The van der Waals surface area contributed by atoms with Crippen LogP contribution in [0.4, 0.5) is 10.5 Å². The molecule has 1 saturated heterocycles. The molecular formula is C31H40N4O4. The Bertz CT molecular complexity index is 1280. The molecule has 0 aliphatic carbocycles. The summed E-state index contributed by atoms with van der Waals surface area (Å²) in [6.07, 6.45) is 4.36. The Kier molecular flexibility index (Phi) is 9.79. The van der Waals surface area contributed by atoms with Crippen molar-refractivity contribution < 1.29 is 19.1 Å². The number of carbonyl (C=O) groups excluding carboxylic acids is 2. The first-order chi connectivity index (χ1) is 18.9. The topological polar surface area (TPSA) is 98.8 Å². The number of ether oxygens (including phenoxy) is 2. The monoisotopic (exact) mass is 532 g/mol. The van der Waals surface area contributed by atoms with Crippen molar-refractivity contribution in [2.75, 3.05) is 32.1 Å². The van der Waals surface area contributed by atoms with Gasteiger partial charge in [-0.15, -0.1) is 0 Å². The van der Waals surface area contributed by atoms with Gasteiger partial charge >= 0.3 is 6.09 Å². The number of carbonyl (C=O) groups is 2. The first-order valence-corrected chi connectivity index (χ1v) is 13.7. The van der Waals surface area contributed by atoms with Crippen LogP contribution in [0.1, 0.15) is 48.4 Å². The molecule has 1 unspecified atom stereocenters. The third-order valence-electron chi connectivity index (χ3n) is 7.49. The summed E-state index contributed by atoms with van der Waals surface area (Å²) >= 11 is 0. The summed E-state index contributed by atoms with van der Waals surface area (Å²) in [6, 6.07) is 15.7. The highest BCUT2D eigenvalue weighted by atomic mass is 16.5. The van der Waals surface area contributed by atoms with Gasteiger partial charge in [-0.2, -0.15) is 0 Å². The summed E-state index contributed by atoms with van der Waals surface area (Å²) in [5.74, 6) is 0.402. The number of hydrogen-bond donors (Lipinski definition) is 2. The summed E-state index contributed by atoms with van der Waals surface area (Å²) < 4.78 is 12.4. The lowest BCUT2D eigenvalue weighted by molar-refractivity contribution is -0.132. The average molecular weight is 533 g/mol. The summed E-state index contributed by atoms with van der Waals surface area (Å²) in [5, 5.41) is 3.90. The Labute approximate surface area is 230 Å². The van der Waals surface area contributed by atoms with Crippen LogP contribution in [0.15, 0.2) is 61.4 Å². The van der Waals surface area contributed by atoms with Crippen LogP contribution in [-0.2, 0) is 27.2 Å². The van der Waals surface area contributed by atoms with Crippen LogP contribution in [0.3, 0.4) is 0 Å². The minimum Gasteiger partial charge on any atom is -0.419 e. The van der Waals surface area contributed by atoms with Crippen molar-refractivity contribution >= 4 is 28.6 Å². The average Bonchev–Trinajstić information content (AvgIpc) is 3.21. The van der Waals surface area contributed by atoms with Gasteiger partial charge in [-0.1, -0.05) is 36.9 Å². The van der Waals surface area contributed by atoms with E-state index in [4.69, 9.17) is 10.5 Å². The fourth-order valence-corrected chi connectivity index (χ4v) is 5.73. The van der Waals surface area contributed by atoms with Gasteiger partial charge in [-0.05, 0) is 61.9 Å². The van der Waals surface area contributed by atoms with Crippen molar-refractivity contribution in [2.45, 2.75) is 57.5 Å². The van der Waals surface area contributed by atoms with Gasteiger partial charge in [0, 0.05) is 74.0 Å². The van der Waals surface area contributed by atoms with E-state index >= 15 is 0 Å². The van der Waals surface area contributed by atoms with Crippen LogP contribution in [0.2, 0.25) is 0 Å². The number of amides is 2. The SMILES string of the molecule is C=COC(=O)Nc1ccc(C[C@@H](N)CC(=O)N2CCCC(c3c(C)c4ccccc4n3CCCOC)C2)cc1. The second-order valence-electron chi connectivity index (χ2n) is 10.3. The van der Waals surface area contributed by atoms with E-state index in [0.717, 1.165) is 50.8 Å². The van der Waals surface area contributed by atoms with E-state index in [9.17, 15) is 9.59 Å². The first-order valence-electron chi connectivity index (χ1n) is 13.7. The van der Waals surface area contributed by atoms with E-state index in [1.807, 2.05) is 17.0 Å². The van der Waals surface area contributed by atoms with E-state index in [1.165, 1.54) is 22.2 Å². The highest BCUT2D eigenvalue weighted by molar-refractivity contribution is 5.86. The van der Waals surface area contributed by atoms with Gasteiger partial charge in [0.1, 0.15) is 0 Å². The van der Waals surface area contributed by atoms with Gasteiger partial charge in [0.25, 0.3) is 0 Å². The summed E-state index contributed by atoms with van der Waals surface area (Å²) in [7, 11) is 1.74. The Hall–Kier alpha value is -3.62. The van der Waals surface area contributed by atoms with E-state index in [1.54, 1.807) is 19.2 Å². The third-order valence-corrected chi connectivity index (χ3v) is 7.49. The number of hydrogen-bond acceptors (Lipinski definition) is 5. The van der Waals surface area contributed by atoms with Crippen LogP contribution in [-0.4, -0.2) is 54.3 Å². The number of piperidine rings is 1. The summed E-state index contributed by atoms with van der Waals surface area (Å²) in [4.78, 5) is 26.9. The molecule has 0 radical (unpaired) electrons. The van der Waals surface area contributed by atoms with Crippen molar-refractivity contribution in [1.29, 1.82) is 0 Å². The molecule has 2 heterocycles. The maximum Gasteiger partial charge on any atom is 0.416 e. The van der Waals surface area contributed by atoms with Crippen LogP contribution in [0.25, 0.3) is 10.9 Å². The van der Waals surface area contributed by atoms with E-state index in [-0.39, 0.29) is 11.9 Å². The molecule has 0 bridgehead atoms. The smallest absolute Gasteiger partial charge is 0.416 e. The lowest BCUT2D eigenvalue weighted by Gasteiger charge is -2.34. The molecule has 4 rings (SSSR count). The number of aryl methyl sites for hydroxylation is 2. The van der Waals surface area contributed by atoms with Crippen molar-refractivity contribution in [3.63, 3.8) is 0 Å². The number of benzene rings is 2. The Balaban J connectivity index is 1.39. The number of nitrogens with two attached hydrogens (primary N) is 1. The van der Waals surface area contributed by atoms with Gasteiger partial charge in [-0.3, -0.25) is 10.1 Å². The molecule has 1 fully saturated rings. The lowest BCUT2D eigenvalue weighted by Crippen LogP contribution is -2.42. The molecule has 2 aromatic carbocycles. The van der Waals surface area contributed by atoms with Gasteiger partial charge in [0.05, 0.1) is 6.26 Å². The number of para-hydroxylation sites is 1. The molecular weight excluding hydrogens is 492 g/mol. The number of nitrogens with zero attached hydrogens (tertiary/aromatic N) is 2. The zero-order valence-electron chi connectivity index (χ0n) is 23.0. The van der Waals surface area contributed by atoms with Crippen LogP contribution < -0.4 is 11.1 Å². The second kappa shape index (κ2) is 13.4. The van der Waals surface area contributed by atoms with E-state index < -0.39 is 6.09 Å². The minimum atomic E-state index is -0.592. The van der Waals surface area contributed by atoms with Crippen molar-refractivity contribution in [3.05, 3.63) is 78.2 Å². The molecule has 1 aromatic heterocycles. The predicted octanol–water partition coefficient (Wildman–Crippen LogP) is 5.34. The number of aromatic nitrogens is 1. The molecule has 8 nitrogen and oxygen atoms in total. The molecule has 208 valence electrons.